The normalized spacial score (nSPS) is 17.4. The lowest BCUT2D eigenvalue weighted by Crippen LogP contribution is -2.30. The van der Waals surface area contributed by atoms with E-state index in [1.807, 2.05) is 0 Å². The Morgan fingerprint density at radius 1 is 1.35 bits per heavy atom. The summed E-state index contributed by atoms with van der Waals surface area (Å²) in [6.07, 6.45) is 1.17. The van der Waals surface area contributed by atoms with Crippen LogP contribution in [0.3, 0.4) is 0 Å². The molecule has 1 aliphatic rings. The van der Waals surface area contributed by atoms with Crippen LogP contribution in [-0.2, 0) is 14.3 Å². The second-order valence-corrected chi connectivity index (χ2v) is 4.66. The molecule has 0 bridgehead atoms. The highest BCUT2D eigenvalue weighted by Gasteiger charge is 2.22. The van der Waals surface area contributed by atoms with E-state index in [0.717, 1.165) is 0 Å². The molecule has 0 aromatic heterocycles. The van der Waals surface area contributed by atoms with Crippen molar-refractivity contribution in [1.82, 2.24) is 5.32 Å². The molecule has 1 atom stereocenters. The van der Waals surface area contributed by atoms with Gasteiger partial charge < -0.3 is 15.4 Å². The summed E-state index contributed by atoms with van der Waals surface area (Å²) in [5, 5.41) is 5.34. The highest BCUT2D eigenvalue weighted by Crippen LogP contribution is 2.12. The molecule has 1 saturated heterocycles. The minimum atomic E-state index is -0.444. The first-order chi connectivity index (χ1) is 9.54. The molecular weight excluding hydrogens is 260 g/mol. The lowest BCUT2D eigenvalue weighted by Gasteiger charge is -2.11. The zero-order valence-corrected chi connectivity index (χ0v) is 11.1. The number of esters is 1. The van der Waals surface area contributed by atoms with E-state index in [-0.39, 0.29) is 24.5 Å². The van der Waals surface area contributed by atoms with Gasteiger partial charge in [0.1, 0.15) is 6.61 Å². The SMILES string of the molecule is CC(=O)Nc1ccc(C(=O)OC[C@H]2CCC(=O)N2)cc1. The van der Waals surface area contributed by atoms with Crippen LogP contribution in [0.4, 0.5) is 5.69 Å². The smallest absolute Gasteiger partial charge is 0.338 e. The molecule has 0 saturated carbocycles. The third kappa shape index (κ3) is 3.81. The van der Waals surface area contributed by atoms with Crippen LogP contribution in [0.2, 0.25) is 0 Å². The molecule has 1 fully saturated rings. The molecule has 1 aromatic carbocycles. The van der Waals surface area contributed by atoms with Gasteiger partial charge in [0.2, 0.25) is 11.8 Å². The van der Waals surface area contributed by atoms with Gasteiger partial charge in [-0.2, -0.15) is 0 Å². The monoisotopic (exact) mass is 276 g/mol. The van der Waals surface area contributed by atoms with Gasteiger partial charge in [-0.1, -0.05) is 0 Å². The number of hydrogen-bond acceptors (Lipinski definition) is 4. The summed E-state index contributed by atoms with van der Waals surface area (Å²) in [4.78, 5) is 33.7. The first-order valence-electron chi connectivity index (χ1n) is 6.39. The maximum atomic E-state index is 11.8. The topological polar surface area (TPSA) is 84.5 Å². The van der Waals surface area contributed by atoms with Crippen molar-refractivity contribution in [2.24, 2.45) is 0 Å². The van der Waals surface area contributed by atoms with E-state index in [9.17, 15) is 14.4 Å². The number of carbonyl (C=O) groups excluding carboxylic acids is 3. The van der Waals surface area contributed by atoms with Crippen molar-refractivity contribution < 1.29 is 19.1 Å². The predicted molar refractivity (Wildman–Crippen MR) is 72.2 cm³/mol. The number of rotatable bonds is 4. The Hall–Kier alpha value is -2.37. The van der Waals surface area contributed by atoms with Crippen LogP contribution in [0.25, 0.3) is 0 Å². The highest BCUT2D eigenvalue weighted by atomic mass is 16.5. The van der Waals surface area contributed by atoms with Crippen molar-refractivity contribution in [1.29, 1.82) is 0 Å². The van der Waals surface area contributed by atoms with E-state index in [1.54, 1.807) is 24.3 Å². The molecule has 106 valence electrons. The molecule has 2 rings (SSSR count). The summed E-state index contributed by atoms with van der Waals surface area (Å²) in [7, 11) is 0. The van der Waals surface area contributed by atoms with Crippen molar-refractivity contribution in [2.45, 2.75) is 25.8 Å². The van der Waals surface area contributed by atoms with Crippen LogP contribution in [0, 0.1) is 0 Å². The Bertz CT molecular complexity index is 524. The molecule has 6 heteroatoms. The van der Waals surface area contributed by atoms with Crippen molar-refractivity contribution in [2.75, 3.05) is 11.9 Å². The Morgan fingerprint density at radius 3 is 2.60 bits per heavy atom. The van der Waals surface area contributed by atoms with Gasteiger partial charge >= 0.3 is 5.97 Å². The molecule has 1 aromatic rings. The molecular formula is C14H16N2O4. The Morgan fingerprint density at radius 2 is 2.05 bits per heavy atom. The minimum absolute atomic E-state index is 0.00860. The standard InChI is InChI=1S/C14H16N2O4/c1-9(17)15-11-4-2-10(3-5-11)14(19)20-8-12-6-7-13(18)16-12/h2-5,12H,6-8H2,1H3,(H,15,17)(H,16,18)/t12-/m1/s1. The molecule has 6 nitrogen and oxygen atoms in total. The van der Waals surface area contributed by atoms with Gasteiger partial charge in [-0.15, -0.1) is 0 Å². The molecule has 2 N–H and O–H groups in total. The van der Waals surface area contributed by atoms with Crippen LogP contribution in [-0.4, -0.2) is 30.4 Å². The number of nitrogens with one attached hydrogen (secondary N) is 2. The van der Waals surface area contributed by atoms with E-state index in [2.05, 4.69) is 10.6 Å². The predicted octanol–water partition coefficient (Wildman–Crippen LogP) is 1.08. The molecule has 2 amide bonds. The van der Waals surface area contributed by atoms with E-state index >= 15 is 0 Å². The summed E-state index contributed by atoms with van der Waals surface area (Å²) < 4.78 is 5.14. The number of anilines is 1. The van der Waals surface area contributed by atoms with E-state index in [0.29, 0.717) is 24.1 Å². The largest absolute Gasteiger partial charge is 0.460 e. The molecule has 1 heterocycles. The quantitative estimate of drug-likeness (QED) is 0.806. The number of amides is 2. The number of carbonyl (C=O) groups is 3. The van der Waals surface area contributed by atoms with Gasteiger partial charge in [0.25, 0.3) is 0 Å². The Kier molecular flexibility index (Phi) is 4.34. The van der Waals surface area contributed by atoms with Crippen molar-refractivity contribution in [3.63, 3.8) is 0 Å². The Balaban J connectivity index is 1.85. The molecule has 0 spiro atoms. The van der Waals surface area contributed by atoms with Crippen LogP contribution < -0.4 is 10.6 Å². The zero-order chi connectivity index (χ0) is 14.5. The summed E-state index contributed by atoms with van der Waals surface area (Å²) >= 11 is 0. The summed E-state index contributed by atoms with van der Waals surface area (Å²) in [6, 6.07) is 6.34. The third-order valence-electron chi connectivity index (χ3n) is 2.94. The van der Waals surface area contributed by atoms with Gasteiger partial charge in [0.15, 0.2) is 0 Å². The van der Waals surface area contributed by atoms with Crippen molar-refractivity contribution in [3.8, 4) is 0 Å². The first-order valence-corrected chi connectivity index (χ1v) is 6.39. The van der Waals surface area contributed by atoms with Crippen LogP contribution >= 0.6 is 0 Å². The molecule has 0 unspecified atom stereocenters. The van der Waals surface area contributed by atoms with Gasteiger partial charge in [-0.05, 0) is 30.7 Å². The summed E-state index contributed by atoms with van der Waals surface area (Å²) in [5.74, 6) is -0.622. The number of hydrogen-bond donors (Lipinski definition) is 2. The summed E-state index contributed by atoms with van der Waals surface area (Å²) in [6.45, 7) is 1.59. The average Bonchev–Trinajstić information content (AvgIpc) is 2.82. The van der Waals surface area contributed by atoms with Gasteiger partial charge in [0.05, 0.1) is 11.6 Å². The average molecular weight is 276 g/mol. The third-order valence-corrected chi connectivity index (χ3v) is 2.94. The van der Waals surface area contributed by atoms with E-state index < -0.39 is 5.97 Å². The fourth-order valence-corrected chi connectivity index (χ4v) is 1.95. The second kappa shape index (κ2) is 6.18. The van der Waals surface area contributed by atoms with Crippen LogP contribution in [0.5, 0.6) is 0 Å². The van der Waals surface area contributed by atoms with E-state index in [1.165, 1.54) is 6.92 Å². The van der Waals surface area contributed by atoms with Gasteiger partial charge in [0, 0.05) is 19.0 Å². The summed E-state index contributed by atoms with van der Waals surface area (Å²) in [5.41, 5.74) is 1.03. The second-order valence-electron chi connectivity index (χ2n) is 4.66. The molecule has 1 aliphatic heterocycles. The van der Waals surface area contributed by atoms with Gasteiger partial charge in [-0.3, -0.25) is 9.59 Å². The number of ether oxygens (including phenoxy) is 1. The number of benzene rings is 1. The Labute approximate surface area is 116 Å². The van der Waals surface area contributed by atoms with E-state index in [4.69, 9.17) is 4.74 Å². The maximum Gasteiger partial charge on any atom is 0.338 e. The van der Waals surface area contributed by atoms with Crippen molar-refractivity contribution in [3.05, 3.63) is 29.8 Å². The van der Waals surface area contributed by atoms with Gasteiger partial charge in [-0.25, -0.2) is 4.79 Å². The van der Waals surface area contributed by atoms with Crippen LogP contribution in [0.15, 0.2) is 24.3 Å². The lowest BCUT2D eigenvalue weighted by molar-refractivity contribution is -0.119. The lowest BCUT2D eigenvalue weighted by atomic mass is 10.2. The fraction of sp³-hybridized carbons (Fsp3) is 0.357. The van der Waals surface area contributed by atoms with Crippen molar-refractivity contribution >= 4 is 23.5 Å². The maximum absolute atomic E-state index is 11.8. The highest BCUT2D eigenvalue weighted by molar-refractivity contribution is 5.92. The molecule has 0 aliphatic carbocycles. The first kappa shape index (κ1) is 14.0. The molecule has 0 radical (unpaired) electrons. The fourth-order valence-electron chi connectivity index (χ4n) is 1.95. The minimum Gasteiger partial charge on any atom is -0.460 e. The zero-order valence-electron chi connectivity index (χ0n) is 11.1. The molecule has 20 heavy (non-hydrogen) atoms. The van der Waals surface area contributed by atoms with Crippen LogP contribution in [0.1, 0.15) is 30.1 Å².